The minimum atomic E-state index is -0.206. The Balaban J connectivity index is 1.99. The Hall–Kier alpha value is -2.66. The van der Waals surface area contributed by atoms with Crippen LogP contribution in [0.2, 0.25) is 0 Å². The first-order chi connectivity index (χ1) is 11.6. The van der Waals surface area contributed by atoms with Gasteiger partial charge >= 0.3 is 0 Å². The largest absolute Gasteiger partial charge is 0.347 e. The first-order valence-corrected chi connectivity index (χ1v) is 7.88. The lowest BCUT2D eigenvalue weighted by atomic mass is 9.99. The molecule has 126 valence electrons. The number of rotatable bonds is 7. The lowest BCUT2D eigenvalue weighted by Crippen LogP contribution is -2.41. The summed E-state index contributed by atoms with van der Waals surface area (Å²) in [6.45, 7) is 0.143. The smallest absolute Gasteiger partial charge is 0.241 e. The summed E-state index contributed by atoms with van der Waals surface area (Å²) in [5.41, 5.74) is 2.17. The van der Waals surface area contributed by atoms with Crippen molar-refractivity contribution < 1.29 is 9.59 Å². The average Bonchev–Trinajstić information content (AvgIpc) is 2.61. The molecule has 0 aliphatic heterocycles. The van der Waals surface area contributed by atoms with E-state index in [2.05, 4.69) is 10.6 Å². The molecular weight excluding hydrogens is 302 g/mol. The van der Waals surface area contributed by atoms with Gasteiger partial charge in [0.1, 0.15) is 0 Å². The Bertz CT molecular complexity index is 617. The van der Waals surface area contributed by atoms with Crippen molar-refractivity contribution in [3.63, 3.8) is 0 Å². The quantitative estimate of drug-likeness (QED) is 0.812. The molecule has 2 amide bonds. The molecule has 24 heavy (non-hydrogen) atoms. The molecule has 0 radical (unpaired) electrons. The highest BCUT2D eigenvalue weighted by Crippen LogP contribution is 2.21. The van der Waals surface area contributed by atoms with Crippen LogP contribution in [-0.2, 0) is 9.59 Å². The number of benzene rings is 2. The molecule has 5 heteroatoms. The van der Waals surface area contributed by atoms with Crippen LogP contribution in [0.4, 0.5) is 0 Å². The Labute approximate surface area is 142 Å². The number of carbonyl (C=O) groups is 2. The van der Waals surface area contributed by atoms with Gasteiger partial charge in [0.25, 0.3) is 0 Å². The van der Waals surface area contributed by atoms with Crippen molar-refractivity contribution in [1.82, 2.24) is 15.5 Å². The van der Waals surface area contributed by atoms with E-state index in [9.17, 15) is 9.59 Å². The Kier molecular flexibility index (Phi) is 6.51. The van der Waals surface area contributed by atoms with Crippen LogP contribution in [0, 0.1) is 0 Å². The summed E-state index contributed by atoms with van der Waals surface area (Å²) >= 11 is 0. The van der Waals surface area contributed by atoms with Gasteiger partial charge < -0.3 is 10.2 Å². The molecule has 0 spiro atoms. The normalized spacial score (nSPS) is 10.5. The van der Waals surface area contributed by atoms with E-state index < -0.39 is 0 Å². The van der Waals surface area contributed by atoms with Crippen LogP contribution in [0.5, 0.6) is 0 Å². The topological polar surface area (TPSA) is 61.4 Å². The van der Waals surface area contributed by atoms with Gasteiger partial charge in [-0.2, -0.15) is 0 Å². The van der Waals surface area contributed by atoms with E-state index >= 15 is 0 Å². The number of carbonyl (C=O) groups excluding carboxylic acids is 2. The number of nitrogens with zero attached hydrogens (tertiary/aromatic N) is 1. The van der Waals surface area contributed by atoms with Gasteiger partial charge in [-0.15, -0.1) is 0 Å². The molecule has 0 fully saturated rings. The zero-order valence-corrected chi connectivity index (χ0v) is 14.0. The maximum Gasteiger partial charge on any atom is 0.241 e. The van der Waals surface area contributed by atoms with Crippen LogP contribution in [0.15, 0.2) is 60.7 Å². The molecule has 0 aromatic heterocycles. The molecule has 2 aromatic rings. The lowest BCUT2D eigenvalue weighted by molar-refractivity contribution is -0.130. The van der Waals surface area contributed by atoms with E-state index in [-0.39, 0.29) is 30.9 Å². The van der Waals surface area contributed by atoms with Crippen LogP contribution in [0.1, 0.15) is 17.2 Å². The van der Waals surface area contributed by atoms with E-state index in [1.807, 2.05) is 60.7 Å². The van der Waals surface area contributed by atoms with Gasteiger partial charge in [-0.3, -0.25) is 14.9 Å². The Morgan fingerprint density at radius 1 is 0.875 bits per heavy atom. The number of amides is 2. The number of likely N-dealkylation sites (N-methyl/N-ethyl adjacent to an activating group) is 1. The molecule has 2 aromatic carbocycles. The summed E-state index contributed by atoms with van der Waals surface area (Å²) in [5.74, 6) is -0.340. The maximum absolute atomic E-state index is 12.0. The van der Waals surface area contributed by atoms with E-state index in [1.54, 1.807) is 14.1 Å². The first-order valence-electron chi connectivity index (χ1n) is 7.88. The SMILES string of the molecule is CN(C)C(=O)CNC(=O)CNC(c1ccccc1)c1ccccc1. The maximum atomic E-state index is 12.0. The number of nitrogens with one attached hydrogen (secondary N) is 2. The van der Waals surface area contributed by atoms with Gasteiger partial charge in [0.05, 0.1) is 19.1 Å². The highest BCUT2D eigenvalue weighted by molar-refractivity contribution is 5.85. The third-order valence-corrected chi connectivity index (χ3v) is 3.67. The van der Waals surface area contributed by atoms with Gasteiger partial charge in [0, 0.05) is 14.1 Å². The first kappa shape index (κ1) is 17.7. The molecule has 0 aliphatic rings. The predicted octanol–water partition coefficient (Wildman–Crippen LogP) is 1.57. The van der Waals surface area contributed by atoms with Crippen molar-refractivity contribution in [3.8, 4) is 0 Å². The number of hydrogen-bond donors (Lipinski definition) is 2. The Morgan fingerprint density at radius 3 is 1.83 bits per heavy atom. The van der Waals surface area contributed by atoms with E-state index in [4.69, 9.17) is 0 Å². The molecule has 2 N–H and O–H groups in total. The van der Waals surface area contributed by atoms with Crippen molar-refractivity contribution in [1.29, 1.82) is 0 Å². The summed E-state index contributed by atoms with van der Waals surface area (Å²) in [6, 6.07) is 19.8. The standard InChI is InChI=1S/C19H23N3O2/c1-22(2)18(24)14-20-17(23)13-21-19(15-9-5-3-6-10-15)16-11-7-4-8-12-16/h3-12,19,21H,13-14H2,1-2H3,(H,20,23). The van der Waals surface area contributed by atoms with E-state index in [1.165, 1.54) is 4.90 Å². The second-order valence-corrected chi connectivity index (χ2v) is 5.70. The van der Waals surface area contributed by atoms with Gasteiger partial charge in [-0.05, 0) is 11.1 Å². The molecule has 0 saturated carbocycles. The highest BCUT2D eigenvalue weighted by Gasteiger charge is 2.15. The summed E-state index contributed by atoms with van der Waals surface area (Å²) in [5, 5.41) is 5.90. The van der Waals surface area contributed by atoms with Crippen LogP contribution >= 0.6 is 0 Å². The van der Waals surface area contributed by atoms with Gasteiger partial charge in [0.15, 0.2) is 0 Å². The molecule has 0 aliphatic carbocycles. The molecule has 0 heterocycles. The summed E-state index contributed by atoms with van der Waals surface area (Å²) in [7, 11) is 3.32. The third-order valence-electron chi connectivity index (χ3n) is 3.67. The minimum absolute atomic E-state index is 0.00878. The summed E-state index contributed by atoms with van der Waals surface area (Å²) in [4.78, 5) is 25.0. The molecule has 0 saturated heterocycles. The summed E-state index contributed by atoms with van der Waals surface area (Å²) < 4.78 is 0. The van der Waals surface area contributed by atoms with Crippen molar-refractivity contribution in [2.45, 2.75) is 6.04 Å². The number of hydrogen-bond acceptors (Lipinski definition) is 3. The van der Waals surface area contributed by atoms with Crippen LogP contribution in [0.3, 0.4) is 0 Å². The van der Waals surface area contributed by atoms with Gasteiger partial charge in [-0.25, -0.2) is 0 Å². The summed E-state index contributed by atoms with van der Waals surface area (Å²) in [6.07, 6.45) is 0. The van der Waals surface area contributed by atoms with E-state index in [0.717, 1.165) is 11.1 Å². The predicted molar refractivity (Wildman–Crippen MR) is 94.4 cm³/mol. The van der Waals surface area contributed by atoms with E-state index in [0.29, 0.717) is 0 Å². The highest BCUT2D eigenvalue weighted by atomic mass is 16.2. The zero-order chi connectivity index (χ0) is 17.4. The molecule has 0 atom stereocenters. The molecule has 2 rings (SSSR count). The fourth-order valence-corrected chi connectivity index (χ4v) is 2.31. The monoisotopic (exact) mass is 325 g/mol. The van der Waals surface area contributed by atoms with Crippen LogP contribution in [-0.4, -0.2) is 43.9 Å². The van der Waals surface area contributed by atoms with Crippen LogP contribution in [0.25, 0.3) is 0 Å². The van der Waals surface area contributed by atoms with Gasteiger partial charge in [0.2, 0.25) is 11.8 Å². The second-order valence-electron chi connectivity index (χ2n) is 5.70. The third kappa shape index (κ3) is 5.21. The van der Waals surface area contributed by atoms with Crippen molar-refractivity contribution in [2.75, 3.05) is 27.2 Å². The van der Waals surface area contributed by atoms with Crippen LogP contribution < -0.4 is 10.6 Å². The molecule has 0 bridgehead atoms. The second kappa shape index (κ2) is 8.84. The molecule has 5 nitrogen and oxygen atoms in total. The van der Waals surface area contributed by atoms with Crippen molar-refractivity contribution in [3.05, 3.63) is 71.8 Å². The Morgan fingerprint density at radius 2 is 1.38 bits per heavy atom. The van der Waals surface area contributed by atoms with Gasteiger partial charge in [-0.1, -0.05) is 60.7 Å². The average molecular weight is 325 g/mol. The fraction of sp³-hybridized carbons (Fsp3) is 0.263. The van der Waals surface area contributed by atoms with Crippen molar-refractivity contribution >= 4 is 11.8 Å². The zero-order valence-electron chi connectivity index (χ0n) is 14.0. The minimum Gasteiger partial charge on any atom is -0.347 e. The fourth-order valence-electron chi connectivity index (χ4n) is 2.31. The lowest BCUT2D eigenvalue weighted by Gasteiger charge is -2.20. The molecule has 0 unspecified atom stereocenters. The van der Waals surface area contributed by atoms with Crippen molar-refractivity contribution in [2.24, 2.45) is 0 Å². The molecular formula is C19H23N3O2.